The lowest BCUT2D eigenvalue weighted by molar-refractivity contribution is 0.0746. The first-order valence-electron chi connectivity index (χ1n) is 12.6. The van der Waals surface area contributed by atoms with E-state index in [2.05, 4.69) is 9.88 Å². The van der Waals surface area contributed by atoms with Crippen LogP contribution in [0.3, 0.4) is 0 Å². The number of anilines is 2. The third kappa shape index (κ3) is 4.48. The van der Waals surface area contributed by atoms with Crippen LogP contribution in [0.4, 0.5) is 11.5 Å². The second kappa shape index (κ2) is 10.2. The van der Waals surface area contributed by atoms with Gasteiger partial charge in [0.1, 0.15) is 5.82 Å². The lowest BCUT2D eigenvalue weighted by Crippen LogP contribution is -2.49. The number of fused-ring (bicyclic) bond motifs is 2. The van der Waals surface area contributed by atoms with Gasteiger partial charge in [-0.05, 0) is 48.0 Å². The minimum absolute atomic E-state index is 0.104. The number of benzene rings is 3. The minimum Gasteiger partial charge on any atom is -0.353 e. The van der Waals surface area contributed by atoms with E-state index in [1.807, 2.05) is 53.4 Å². The Labute approximate surface area is 223 Å². The van der Waals surface area contributed by atoms with Crippen LogP contribution in [-0.4, -0.2) is 52.1 Å². The van der Waals surface area contributed by atoms with Crippen LogP contribution in [0, 0.1) is 0 Å². The summed E-state index contributed by atoms with van der Waals surface area (Å²) in [5.74, 6) is 0.569. The monoisotopic (exact) mass is 522 g/mol. The fraction of sp³-hybridized carbons (Fsp3) is 0.167. The normalized spacial score (nSPS) is 17.0. The molecular weight excluding hydrogens is 496 g/mol. The summed E-state index contributed by atoms with van der Waals surface area (Å²) < 4.78 is 13.7. The highest BCUT2D eigenvalue weighted by molar-refractivity contribution is 7.85. The van der Waals surface area contributed by atoms with Crippen LogP contribution in [0.15, 0.2) is 107 Å². The number of carbonyl (C=O) groups excluding carboxylic acids is 2. The molecule has 0 aliphatic carbocycles. The maximum atomic E-state index is 13.8. The van der Waals surface area contributed by atoms with Gasteiger partial charge in [-0.25, -0.2) is 9.19 Å². The van der Waals surface area contributed by atoms with Gasteiger partial charge in [-0.15, -0.1) is 0 Å². The van der Waals surface area contributed by atoms with E-state index in [1.165, 1.54) is 0 Å². The lowest BCUT2D eigenvalue weighted by atomic mass is 10.1. The summed E-state index contributed by atoms with van der Waals surface area (Å²) in [6.45, 7) is 2.81. The van der Waals surface area contributed by atoms with E-state index >= 15 is 0 Å². The standard InChI is InChI=1S/C30H26N4O3S/c35-29(33-18-16-32(17-19-33)28-12-6-7-15-31-28)23-13-14-27-25(20-23)34(21-22-8-2-1-3-9-22)30(36)24-10-4-5-11-26(24)38(27)37/h1-15,20H,16-19,21H2/t38-/m1/s1. The largest absolute Gasteiger partial charge is 0.353 e. The number of rotatable bonds is 4. The summed E-state index contributed by atoms with van der Waals surface area (Å²) >= 11 is 0. The van der Waals surface area contributed by atoms with Gasteiger partial charge in [0.05, 0.1) is 38.4 Å². The maximum absolute atomic E-state index is 13.8. The van der Waals surface area contributed by atoms with E-state index in [0.29, 0.717) is 59.3 Å². The average Bonchev–Trinajstić information content (AvgIpc) is 3.07. The second-order valence-corrected chi connectivity index (χ2v) is 10.7. The first-order chi connectivity index (χ1) is 18.6. The summed E-state index contributed by atoms with van der Waals surface area (Å²) in [5, 5.41) is 0. The Balaban J connectivity index is 1.33. The molecule has 3 aromatic carbocycles. The van der Waals surface area contributed by atoms with Gasteiger partial charge in [-0.2, -0.15) is 0 Å². The van der Waals surface area contributed by atoms with Crippen molar-refractivity contribution in [2.75, 3.05) is 36.0 Å². The summed E-state index contributed by atoms with van der Waals surface area (Å²) in [6, 6.07) is 27.7. The van der Waals surface area contributed by atoms with Gasteiger partial charge in [0.25, 0.3) is 11.8 Å². The average molecular weight is 523 g/mol. The summed E-state index contributed by atoms with van der Waals surface area (Å²) in [4.78, 5) is 38.4. The first-order valence-corrected chi connectivity index (χ1v) is 13.7. The molecule has 3 heterocycles. The molecular formula is C30H26N4O3S. The summed E-state index contributed by atoms with van der Waals surface area (Å²) in [6.07, 6.45) is 1.77. The van der Waals surface area contributed by atoms with Gasteiger partial charge < -0.3 is 14.7 Å². The van der Waals surface area contributed by atoms with Crippen molar-refractivity contribution in [2.24, 2.45) is 0 Å². The number of hydrogen-bond donors (Lipinski definition) is 0. The van der Waals surface area contributed by atoms with Crippen molar-refractivity contribution in [2.45, 2.75) is 16.3 Å². The van der Waals surface area contributed by atoms with Crippen LogP contribution in [0.5, 0.6) is 0 Å². The van der Waals surface area contributed by atoms with Gasteiger partial charge in [0.2, 0.25) is 0 Å². The molecule has 1 atom stereocenters. The van der Waals surface area contributed by atoms with Crippen LogP contribution in [0.25, 0.3) is 0 Å². The fourth-order valence-corrected chi connectivity index (χ4v) is 6.33. The number of hydrogen-bond acceptors (Lipinski definition) is 5. The Bertz CT molecular complexity index is 1520. The van der Waals surface area contributed by atoms with E-state index in [-0.39, 0.29) is 11.8 Å². The van der Waals surface area contributed by atoms with Crippen molar-refractivity contribution in [3.05, 3.63) is 114 Å². The van der Waals surface area contributed by atoms with Crippen LogP contribution in [-0.2, 0) is 17.3 Å². The Kier molecular flexibility index (Phi) is 6.47. The Morgan fingerprint density at radius 1 is 0.816 bits per heavy atom. The van der Waals surface area contributed by atoms with Crippen LogP contribution < -0.4 is 9.80 Å². The van der Waals surface area contributed by atoms with Crippen LogP contribution >= 0.6 is 0 Å². The number of aromatic nitrogens is 1. The zero-order chi connectivity index (χ0) is 26.1. The topological polar surface area (TPSA) is 73.8 Å². The predicted molar refractivity (Wildman–Crippen MR) is 147 cm³/mol. The molecule has 7 nitrogen and oxygen atoms in total. The minimum atomic E-state index is -1.56. The Hall–Kier alpha value is -4.30. The smallest absolute Gasteiger partial charge is 0.259 e. The zero-order valence-electron chi connectivity index (χ0n) is 20.7. The van der Waals surface area contributed by atoms with Crippen molar-refractivity contribution < 1.29 is 13.8 Å². The SMILES string of the molecule is O=C(c1ccc2c(c1)N(Cc1ccccc1)C(=O)c1ccccc1[S@]2=O)N1CCN(c2ccccn2)CC1. The van der Waals surface area contributed by atoms with E-state index in [1.54, 1.807) is 53.6 Å². The van der Waals surface area contributed by atoms with Crippen LogP contribution in [0.1, 0.15) is 26.3 Å². The molecule has 0 unspecified atom stereocenters. The fourth-order valence-electron chi connectivity index (χ4n) is 4.98. The molecule has 0 bridgehead atoms. The van der Waals surface area contributed by atoms with Crippen molar-refractivity contribution in [1.82, 2.24) is 9.88 Å². The number of piperazine rings is 1. The Morgan fingerprint density at radius 3 is 2.32 bits per heavy atom. The molecule has 0 radical (unpaired) electrons. The van der Waals surface area contributed by atoms with E-state index in [0.717, 1.165) is 11.4 Å². The third-order valence-electron chi connectivity index (χ3n) is 6.98. The van der Waals surface area contributed by atoms with E-state index < -0.39 is 10.8 Å². The molecule has 0 N–H and O–H groups in total. The molecule has 2 amide bonds. The second-order valence-electron chi connectivity index (χ2n) is 9.29. The number of amides is 2. The number of pyridine rings is 1. The summed E-state index contributed by atoms with van der Waals surface area (Å²) in [5.41, 5.74) is 2.34. The zero-order valence-corrected chi connectivity index (χ0v) is 21.5. The molecule has 0 saturated carbocycles. The summed E-state index contributed by atoms with van der Waals surface area (Å²) in [7, 11) is -1.56. The molecule has 38 heavy (non-hydrogen) atoms. The maximum Gasteiger partial charge on any atom is 0.259 e. The molecule has 4 aromatic rings. The highest BCUT2D eigenvalue weighted by atomic mass is 32.2. The molecule has 1 aromatic heterocycles. The predicted octanol–water partition coefficient (Wildman–Crippen LogP) is 4.37. The molecule has 2 aliphatic rings. The molecule has 2 aliphatic heterocycles. The van der Waals surface area contributed by atoms with Crippen molar-refractivity contribution in [3.63, 3.8) is 0 Å². The highest BCUT2D eigenvalue weighted by Gasteiger charge is 2.32. The van der Waals surface area contributed by atoms with Gasteiger partial charge in [0.15, 0.2) is 0 Å². The molecule has 0 spiro atoms. The van der Waals surface area contributed by atoms with E-state index in [9.17, 15) is 13.8 Å². The number of nitrogens with zero attached hydrogens (tertiary/aromatic N) is 4. The van der Waals surface area contributed by atoms with Crippen molar-refractivity contribution >= 4 is 34.1 Å². The van der Waals surface area contributed by atoms with E-state index in [4.69, 9.17) is 0 Å². The quantitative estimate of drug-likeness (QED) is 0.398. The van der Waals surface area contributed by atoms with Gasteiger partial charge in [-0.1, -0.05) is 48.5 Å². The van der Waals surface area contributed by atoms with Gasteiger partial charge >= 0.3 is 0 Å². The lowest BCUT2D eigenvalue weighted by Gasteiger charge is -2.35. The molecule has 1 saturated heterocycles. The van der Waals surface area contributed by atoms with Gasteiger partial charge in [-0.3, -0.25) is 9.59 Å². The highest BCUT2D eigenvalue weighted by Crippen LogP contribution is 2.36. The van der Waals surface area contributed by atoms with Crippen molar-refractivity contribution in [1.29, 1.82) is 0 Å². The van der Waals surface area contributed by atoms with Crippen LogP contribution in [0.2, 0.25) is 0 Å². The third-order valence-corrected chi connectivity index (χ3v) is 8.48. The molecule has 8 heteroatoms. The van der Waals surface area contributed by atoms with Crippen molar-refractivity contribution in [3.8, 4) is 0 Å². The Morgan fingerprint density at radius 2 is 1.55 bits per heavy atom. The van der Waals surface area contributed by atoms with Gasteiger partial charge in [0, 0.05) is 37.9 Å². The molecule has 190 valence electrons. The first kappa shape index (κ1) is 24.1. The molecule has 1 fully saturated rings. The molecule has 6 rings (SSSR count). The number of carbonyl (C=O) groups is 2.